The van der Waals surface area contributed by atoms with Crippen molar-refractivity contribution in [1.29, 1.82) is 0 Å². The summed E-state index contributed by atoms with van der Waals surface area (Å²) in [4.78, 5) is 1.79. The highest BCUT2D eigenvalue weighted by molar-refractivity contribution is 6.31. The monoisotopic (exact) mass is 260 g/mol. The van der Waals surface area contributed by atoms with E-state index in [0.29, 0.717) is 23.7 Å². The van der Waals surface area contributed by atoms with Crippen LogP contribution in [-0.4, -0.2) is 37.5 Å². The average Bonchev–Trinajstić information content (AvgIpc) is 2.33. The van der Waals surface area contributed by atoms with Crippen molar-refractivity contribution in [3.8, 4) is 0 Å². The van der Waals surface area contributed by atoms with Crippen LogP contribution < -0.4 is 5.32 Å². The molecule has 1 aromatic carbocycles. The van der Waals surface area contributed by atoms with Gasteiger partial charge in [0.25, 0.3) is 6.43 Å². The molecule has 0 spiro atoms. The second-order valence-electron chi connectivity index (χ2n) is 4.09. The van der Waals surface area contributed by atoms with Crippen molar-refractivity contribution in [3.05, 3.63) is 34.9 Å². The Labute approximate surface area is 105 Å². The molecule has 0 radical (unpaired) electrons. The van der Waals surface area contributed by atoms with Gasteiger partial charge in [-0.2, -0.15) is 0 Å². The fourth-order valence-corrected chi connectivity index (χ4v) is 2.41. The van der Waals surface area contributed by atoms with Crippen LogP contribution in [0.25, 0.3) is 0 Å². The molecule has 2 rings (SSSR count). The van der Waals surface area contributed by atoms with Gasteiger partial charge in [-0.3, -0.25) is 4.90 Å². The van der Waals surface area contributed by atoms with Gasteiger partial charge >= 0.3 is 0 Å². The van der Waals surface area contributed by atoms with Gasteiger partial charge in [-0.15, -0.1) is 0 Å². The molecule has 94 valence electrons. The molecule has 1 atom stereocenters. The van der Waals surface area contributed by atoms with Crippen LogP contribution in [0.1, 0.15) is 11.6 Å². The molecule has 0 unspecified atom stereocenters. The molecule has 1 aromatic rings. The SMILES string of the molecule is FC(F)[C@@H](c1ccccc1Cl)N1CCNCC1. The average molecular weight is 261 g/mol. The highest BCUT2D eigenvalue weighted by Gasteiger charge is 2.31. The van der Waals surface area contributed by atoms with Gasteiger partial charge in [0.15, 0.2) is 0 Å². The largest absolute Gasteiger partial charge is 0.314 e. The fourth-order valence-electron chi connectivity index (χ4n) is 2.17. The van der Waals surface area contributed by atoms with Crippen LogP contribution in [0.15, 0.2) is 24.3 Å². The Balaban J connectivity index is 2.25. The molecule has 1 aliphatic heterocycles. The van der Waals surface area contributed by atoms with Crippen molar-refractivity contribution in [2.45, 2.75) is 12.5 Å². The highest BCUT2D eigenvalue weighted by atomic mass is 35.5. The summed E-state index contributed by atoms with van der Waals surface area (Å²) in [5.41, 5.74) is 0.520. The summed E-state index contributed by atoms with van der Waals surface area (Å²) in [6.45, 7) is 2.74. The Morgan fingerprint density at radius 2 is 1.82 bits per heavy atom. The molecule has 0 amide bonds. The lowest BCUT2D eigenvalue weighted by Crippen LogP contribution is -2.47. The lowest BCUT2D eigenvalue weighted by Gasteiger charge is -2.35. The van der Waals surface area contributed by atoms with Crippen LogP contribution in [-0.2, 0) is 0 Å². The minimum absolute atomic E-state index is 0.413. The molecule has 1 N–H and O–H groups in total. The van der Waals surface area contributed by atoms with Crippen LogP contribution in [0.2, 0.25) is 5.02 Å². The molecule has 2 nitrogen and oxygen atoms in total. The molecule has 5 heteroatoms. The molecular weight excluding hydrogens is 246 g/mol. The second kappa shape index (κ2) is 5.76. The zero-order valence-corrected chi connectivity index (χ0v) is 10.1. The third kappa shape index (κ3) is 2.94. The van der Waals surface area contributed by atoms with Gasteiger partial charge in [-0.05, 0) is 11.6 Å². The molecule has 17 heavy (non-hydrogen) atoms. The number of benzene rings is 1. The Morgan fingerprint density at radius 1 is 1.18 bits per heavy atom. The van der Waals surface area contributed by atoms with E-state index in [1.807, 2.05) is 0 Å². The van der Waals surface area contributed by atoms with E-state index < -0.39 is 12.5 Å². The van der Waals surface area contributed by atoms with Crippen molar-refractivity contribution in [2.24, 2.45) is 0 Å². The molecule has 1 fully saturated rings. The zero-order chi connectivity index (χ0) is 12.3. The lowest BCUT2D eigenvalue weighted by atomic mass is 10.0. The van der Waals surface area contributed by atoms with Crippen molar-refractivity contribution in [3.63, 3.8) is 0 Å². The van der Waals surface area contributed by atoms with Crippen LogP contribution >= 0.6 is 11.6 Å². The van der Waals surface area contributed by atoms with E-state index in [2.05, 4.69) is 5.32 Å². The first-order valence-electron chi connectivity index (χ1n) is 5.67. The number of nitrogens with zero attached hydrogens (tertiary/aromatic N) is 1. The van der Waals surface area contributed by atoms with E-state index in [1.54, 1.807) is 29.2 Å². The number of hydrogen-bond acceptors (Lipinski definition) is 2. The zero-order valence-electron chi connectivity index (χ0n) is 9.37. The van der Waals surface area contributed by atoms with Crippen LogP contribution in [0.4, 0.5) is 8.78 Å². The van der Waals surface area contributed by atoms with E-state index in [0.717, 1.165) is 13.1 Å². The highest BCUT2D eigenvalue weighted by Crippen LogP contribution is 2.32. The van der Waals surface area contributed by atoms with Crippen LogP contribution in [0.3, 0.4) is 0 Å². The summed E-state index contributed by atoms with van der Waals surface area (Å²) in [6, 6.07) is 5.95. The molecular formula is C12H15ClF2N2. The maximum atomic E-state index is 13.2. The van der Waals surface area contributed by atoms with Gasteiger partial charge in [-0.1, -0.05) is 29.8 Å². The minimum Gasteiger partial charge on any atom is -0.314 e. The van der Waals surface area contributed by atoms with Crippen molar-refractivity contribution in [1.82, 2.24) is 10.2 Å². The first-order chi connectivity index (χ1) is 8.20. The van der Waals surface area contributed by atoms with Crippen LogP contribution in [0.5, 0.6) is 0 Å². The summed E-state index contributed by atoms with van der Waals surface area (Å²) in [6.07, 6.45) is -2.42. The van der Waals surface area contributed by atoms with E-state index in [4.69, 9.17) is 11.6 Å². The van der Waals surface area contributed by atoms with E-state index in [1.165, 1.54) is 0 Å². The number of nitrogens with one attached hydrogen (secondary N) is 1. The van der Waals surface area contributed by atoms with Gasteiger partial charge in [0, 0.05) is 31.2 Å². The topological polar surface area (TPSA) is 15.3 Å². The number of piperazine rings is 1. The molecule has 0 bridgehead atoms. The van der Waals surface area contributed by atoms with Crippen molar-refractivity contribution >= 4 is 11.6 Å². The van der Waals surface area contributed by atoms with E-state index >= 15 is 0 Å². The summed E-state index contributed by atoms with van der Waals surface area (Å²) >= 11 is 6.01. The maximum absolute atomic E-state index is 13.2. The van der Waals surface area contributed by atoms with Gasteiger partial charge in [0.05, 0.1) is 6.04 Å². The molecule has 0 aromatic heterocycles. The smallest absolute Gasteiger partial charge is 0.258 e. The second-order valence-corrected chi connectivity index (χ2v) is 4.49. The van der Waals surface area contributed by atoms with Gasteiger partial charge in [0.1, 0.15) is 0 Å². The van der Waals surface area contributed by atoms with Gasteiger partial charge in [0.2, 0.25) is 0 Å². The quantitative estimate of drug-likeness (QED) is 0.899. The predicted molar refractivity (Wildman–Crippen MR) is 64.6 cm³/mol. The van der Waals surface area contributed by atoms with E-state index in [9.17, 15) is 8.78 Å². The third-order valence-electron chi connectivity index (χ3n) is 3.01. The fraction of sp³-hybridized carbons (Fsp3) is 0.500. The Kier molecular flexibility index (Phi) is 4.31. The summed E-state index contributed by atoms with van der Waals surface area (Å²) in [7, 11) is 0. The van der Waals surface area contributed by atoms with Crippen LogP contribution in [0, 0.1) is 0 Å². The number of rotatable bonds is 3. The third-order valence-corrected chi connectivity index (χ3v) is 3.35. The van der Waals surface area contributed by atoms with Gasteiger partial charge < -0.3 is 5.32 Å². The van der Waals surface area contributed by atoms with Crippen molar-refractivity contribution < 1.29 is 8.78 Å². The Hall–Kier alpha value is -0.710. The summed E-state index contributed by atoms with van der Waals surface area (Å²) in [5, 5.41) is 3.57. The van der Waals surface area contributed by atoms with Gasteiger partial charge in [-0.25, -0.2) is 8.78 Å². The normalized spacial score (nSPS) is 19.5. The molecule has 1 saturated heterocycles. The predicted octanol–water partition coefficient (Wildman–Crippen LogP) is 2.55. The maximum Gasteiger partial charge on any atom is 0.258 e. The minimum atomic E-state index is -2.42. The molecule has 0 saturated carbocycles. The number of alkyl halides is 2. The number of halogens is 3. The van der Waals surface area contributed by atoms with E-state index in [-0.39, 0.29) is 0 Å². The summed E-state index contributed by atoms with van der Waals surface area (Å²) < 4.78 is 26.5. The standard InChI is InChI=1S/C12H15ClF2N2/c13-10-4-2-1-3-9(10)11(12(14)15)17-7-5-16-6-8-17/h1-4,11-12,16H,5-8H2/t11-/m1/s1. The summed E-state index contributed by atoms with van der Waals surface area (Å²) in [5.74, 6) is 0. The lowest BCUT2D eigenvalue weighted by molar-refractivity contribution is 0.0182. The first kappa shape index (κ1) is 12.7. The Morgan fingerprint density at radius 3 is 2.41 bits per heavy atom. The molecule has 1 aliphatic rings. The Bertz CT molecular complexity index is 367. The number of hydrogen-bond donors (Lipinski definition) is 1. The first-order valence-corrected chi connectivity index (χ1v) is 6.05. The van der Waals surface area contributed by atoms with Crippen molar-refractivity contribution in [2.75, 3.05) is 26.2 Å². The molecule has 0 aliphatic carbocycles. The molecule has 1 heterocycles.